The summed E-state index contributed by atoms with van der Waals surface area (Å²) >= 11 is 0. The SMILES string of the molecule is CCC(CC)[C@H](NC(=O)OC)C(=O)N1CCC[C@H]1c1nc2ccc(-c3ccc4cc(-c5cnc([C@@H]6CCCN6)[nH]5)ccc4n3)cc2[nH]1. The van der Waals surface area contributed by atoms with Crippen LogP contribution in [-0.4, -0.2) is 68.1 Å². The number of ether oxygens (including phenoxy) is 1. The number of likely N-dealkylation sites (tertiary alicyclic amines) is 1. The Morgan fingerprint density at radius 1 is 0.957 bits per heavy atom. The maximum atomic E-state index is 13.9. The first kappa shape index (κ1) is 30.9. The molecule has 4 N–H and O–H groups in total. The summed E-state index contributed by atoms with van der Waals surface area (Å²) in [6.07, 6.45) is 6.83. The second-order valence-electron chi connectivity index (χ2n) is 12.7. The van der Waals surface area contributed by atoms with Gasteiger partial charge in [-0.3, -0.25) is 4.79 Å². The topological polar surface area (TPSA) is 141 Å². The molecular weight excluding hydrogens is 592 g/mol. The Balaban J connectivity index is 1.11. The first-order valence-corrected chi connectivity index (χ1v) is 16.8. The number of methoxy groups -OCH3 is 1. The van der Waals surface area contributed by atoms with Gasteiger partial charge < -0.3 is 30.2 Å². The van der Waals surface area contributed by atoms with Gasteiger partial charge in [-0.25, -0.2) is 19.7 Å². The van der Waals surface area contributed by atoms with Gasteiger partial charge in [0.05, 0.1) is 53.3 Å². The Kier molecular flexibility index (Phi) is 8.64. The van der Waals surface area contributed by atoms with Gasteiger partial charge >= 0.3 is 6.09 Å². The average Bonchev–Trinajstić information content (AvgIpc) is 3.93. The van der Waals surface area contributed by atoms with Crippen LogP contribution < -0.4 is 10.6 Å². The first-order valence-electron chi connectivity index (χ1n) is 16.8. The van der Waals surface area contributed by atoms with E-state index in [1.54, 1.807) is 0 Å². The summed E-state index contributed by atoms with van der Waals surface area (Å²) in [4.78, 5) is 49.4. The van der Waals surface area contributed by atoms with Crippen LogP contribution in [0.25, 0.3) is 44.5 Å². The molecule has 2 aliphatic heterocycles. The molecule has 2 fully saturated rings. The average molecular weight is 635 g/mol. The van der Waals surface area contributed by atoms with Crippen LogP contribution >= 0.6 is 0 Å². The molecule has 0 saturated carbocycles. The van der Waals surface area contributed by atoms with Crippen LogP contribution in [-0.2, 0) is 9.53 Å². The number of fused-ring (bicyclic) bond motifs is 2. The smallest absolute Gasteiger partial charge is 0.407 e. The predicted octanol–water partition coefficient (Wildman–Crippen LogP) is 6.42. The number of nitrogens with one attached hydrogen (secondary N) is 4. The van der Waals surface area contributed by atoms with Crippen molar-refractivity contribution in [3.05, 3.63) is 66.4 Å². The molecule has 0 unspecified atom stereocenters. The van der Waals surface area contributed by atoms with E-state index in [0.29, 0.717) is 12.6 Å². The number of H-pyrrole nitrogens is 2. The van der Waals surface area contributed by atoms with E-state index in [0.717, 1.165) is 94.7 Å². The number of rotatable bonds is 9. The van der Waals surface area contributed by atoms with E-state index < -0.39 is 12.1 Å². The van der Waals surface area contributed by atoms with Gasteiger partial charge in [-0.05, 0) is 68.5 Å². The highest BCUT2D eigenvalue weighted by molar-refractivity contribution is 5.88. The van der Waals surface area contributed by atoms with E-state index in [-0.39, 0.29) is 17.9 Å². The summed E-state index contributed by atoms with van der Waals surface area (Å²) < 4.78 is 4.85. The van der Waals surface area contributed by atoms with E-state index in [9.17, 15) is 9.59 Å². The molecule has 2 aliphatic rings. The maximum absolute atomic E-state index is 13.9. The molecule has 0 bridgehead atoms. The molecule has 5 aromatic rings. The van der Waals surface area contributed by atoms with Crippen LogP contribution in [0.5, 0.6) is 0 Å². The van der Waals surface area contributed by atoms with Gasteiger partial charge in [0.1, 0.15) is 17.7 Å². The molecule has 5 heterocycles. The van der Waals surface area contributed by atoms with Gasteiger partial charge in [-0.15, -0.1) is 0 Å². The molecule has 11 nitrogen and oxygen atoms in total. The van der Waals surface area contributed by atoms with Crippen LogP contribution in [0.15, 0.2) is 54.7 Å². The molecule has 3 atom stereocenters. The Morgan fingerprint density at radius 2 is 1.79 bits per heavy atom. The minimum absolute atomic E-state index is 0.0135. The minimum Gasteiger partial charge on any atom is -0.453 e. The lowest BCUT2D eigenvalue weighted by Crippen LogP contribution is -2.52. The van der Waals surface area contributed by atoms with Crippen LogP contribution in [0.4, 0.5) is 4.79 Å². The summed E-state index contributed by atoms with van der Waals surface area (Å²) in [7, 11) is 1.32. The fourth-order valence-corrected chi connectivity index (χ4v) is 7.20. The zero-order chi connectivity index (χ0) is 32.5. The highest BCUT2D eigenvalue weighted by atomic mass is 16.5. The second-order valence-corrected chi connectivity index (χ2v) is 12.7. The van der Waals surface area contributed by atoms with Crippen molar-refractivity contribution in [1.29, 1.82) is 0 Å². The van der Waals surface area contributed by atoms with Crippen molar-refractivity contribution in [2.75, 3.05) is 20.2 Å². The lowest BCUT2D eigenvalue weighted by atomic mass is 9.93. The number of nitrogens with zero attached hydrogens (tertiary/aromatic N) is 4. The molecule has 244 valence electrons. The standard InChI is InChI=1S/C36H42N8O3/c1-4-21(5-2)32(43-36(46)47-3)35(45)44-17-7-9-31(44)34-40-27-15-12-24(19-29(27)41-34)26-13-10-22-18-23(11-14-25(22)39-26)30-20-38-33(42-30)28-8-6-16-37-28/h10-15,18-21,28,31-32,37H,4-9,16-17H2,1-3H3,(H,38,42)(H,40,41)(H,43,46)/t28-,31-,32-/m0/s1. The molecule has 11 heteroatoms. The van der Waals surface area contributed by atoms with Gasteiger partial charge in [0.15, 0.2) is 0 Å². The van der Waals surface area contributed by atoms with E-state index in [1.807, 2.05) is 37.1 Å². The third kappa shape index (κ3) is 6.07. The van der Waals surface area contributed by atoms with Crippen LogP contribution in [0, 0.1) is 5.92 Å². The number of hydrogen-bond acceptors (Lipinski definition) is 7. The number of benzene rings is 2. The Labute approximate surface area is 273 Å². The summed E-state index contributed by atoms with van der Waals surface area (Å²) in [5, 5.41) is 7.37. The van der Waals surface area contributed by atoms with E-state index in [2.05, 4.69) is 62.0 Å². The fourth-order valence-electron chi connectivity index (χ4n) is 7.20. The molecule has 2 aromatic carbocycles. The van der Waals surface area contributed by atoms with Crippen molar-refractivity contribution in [1.82, 2.24) is 40.5 Å². The van der Waals surface area contributed by atoms with E-state index in [4.69, 9.17) is 14.7 Å². The molecule has 0 spiro atoms. The van der Waals surface area contributed by atoms with Gasteiger partial charge in [-0.2, -0.15) is 0 Å². The zero-order valence-corrected chi connectivity index (χ0v) is 27.2. The van der Waals surface area contributed by atoms with E-state index >= 15 is 0 Å². The Bertz CT molecular complexity index is 1900. The first-order chi connectivity index (χ1) is 22.9. The number of amides is 2. The van der Waals surface area contributed by atoms with E-state index in [1.165, 1.54) is 13.5 Å². The van der Waals surface area contributed by atoms with Crippen molar-refractivity contribution in [3.8, 4) is 22.5 Å². The molecule has 2 saturated heterocycles. The van der Waals surface area contributed by atoms with Crippen LogP contribution in [0.1, 0.15) is 76.1 Å². The molecule has 7 rings (SSSR count). The lowest BCUT2D eigenvalue weighted by Gasteiger charge is -2.31. The van der Waals surface area contributed by atoms with Crippen molar-refractivity contribution in [3.63, 3.8) is 0 Å². The highest BCUT2D eigenvalue weighted by Gasteiger charge is 2.38. The highest BCUT2D eigenvalue weighted by Crippen LogP contribution is 2.34. The number of carbonyl (C=O) groups is 2. The van der Waals surface area contributed by atoms with Gasteiger partial charge in [0, 0.05) is 23.1 Å². The van der Waals surface area contributed by atoms with Crippen LogP contribution in [0.2, 0.25) is 0 Å². The molecule has 0 radical (unpaired) electrons. The number of aromatic nitrogens is 5. The summed E-state index contributed by atoms with van der Waals surface area (Å²) in [5.74, 6) is 1.68. The lowest BCUT2D eigenvalue weighted by molar-refractivity contribution is -0.136. The number of aromatic amines is 2. The largest absolute Gasteiger partial charge is 0.453 e. The number of carbonyl (C=O) groups excluding carboxylic acids is 2. The van der Waals surface area contributed by atoms with Gasteiger partial charge in [0.2, 0.25) is 5.91 Å². The van der Waals surface area contributed by atoms with Crippen molar-refractivity contribution in [2.45, 2.75) is 70.5 Å². The van der Waals surface area contributed by atoms with Crippen molar-refractivity contribution in [2.24, 2.45) is 5.92 Å². The maximum Gasteiger partial charge on any atom is 0.407 e. The second kappa shape index (κ2) is 13.2. The molecule has 2 amide bonds. The normalized spacial score (nSPS) is 18.8. The Hall–Kier alpha value is -4.77. The predicted molar refractivity (Wildman–Crippen MR) is 181 cm³/mol. The monoisotopic (exact) mass is 634 g/mol. The molecular formula is C36H42N8O3. The van der Waals surface area contributed by atoms with Crippen LogP contribution in [0.3, 0.4) is 0 Å². The fraction of sp³-hybridized carbons (Fsp3) is 0.417. The van der Waals surface area contributed by atoms with Crippen molar-refractivity contribution >= 4 is 33.9 Å². The number of alkyl carbamates (subject to hydrolysis) is 1. The van der Waals surface area contributed by atoms with Gasteiger partial charge in [0.25, 0.3) is 0 Å². The number of hydrogen-bond donors (Lipinski definition) is 4. The third-order valence-electron chi connectivity index (χ3n) is 9.88. The van der Waals surface area contributed by atoms with Gasteiger partial charge in [-0.1, -0.05) is 44.9 Å². The summed E-state index contributed by atoms with van der Waals surface area (Å²) in [6, 6.07) is 16.0. The number of imidazole rings is 2. The third-order valence-corrected chi connectivity index (χ3v) is 9.88. The minimum atomic E-state index is -0.643. The quantitative estimate of drug-likeness (QED) is 0.147. The zero-order valence-electron chi connectivity index (χ0n) is 27.2. The Morgan fingerprint density at radius 3 is 2.57 bits per heavy atom. The summed E-state index contributed by atoms with van der Waals surface area (Å²) in [5.41, 5.74) is 6.60. The van der Waals surface area contributed by atoms with Crippen molar-refractivity contribution < 1.29 is 14.3 Å². The molecule has 3 aromatic heterocycles. The molecule has 0 aliphatic carbocycles. The summed E-state index contributed by atoms with van der Waals surface area (Å²) in [6.45, 7) is 5.74. The molecule has 47 heavy (non-hydrogen) atoms. The number of pyridine rings is 1.